The van der Waals surface area contributed by atoms with Crippen molar-refractivity contribution < 1.29 is 58.1 Å². The number of rotatable bonds is 7. The van der Waals surface area contributed by atoms with Crippen LogP contribution >= 0.6 is 0 Å². The van der Waals surface area contributed by atoms with Gasteiger partial charge in [0.2, 0.25) is 0 Å². The first-order chi connectivity index (χ1) is 14.9. The van der Waals surface area contributed by atoms with Crippen LogP contribution in [0.25, 0.3) is 0 Å². The fourth-order valence-corrected chi connectivity index (χ4v) is 3.84. The van der Waals surface area contributed by atoms with Gasteiger partial charge in [0, 0.05) is 26.7 Å². The highest BCUT2D eigenvalue weighted by molar-refractivity contribution is 5.66. The molecule has 2 aliphatic rings. The zero-order chi connectivity index (χ0) is 24.2. The Bertz CT molecular complexity index is 667. The molecule has 5 unspecified atom stereocenters. The fraction of sp³-hybridized carbons (Fsp3) is 0.850. The monoisotopic (exact) mass is 464 g/mol. The minimum atomic E-state index is -1.65. The van der Waals surface area contributed by atoms with E-state index in [1.54, 1.807) is 13.8 Å². The largest absolute Gasteiger partial charge is 0.463 e. The Labute approximate surface area is 185 Å². The number of carbonyl (C=O) groups is 3. The van der Waals surface area contributed by atoms with Gasteiger partial charge in [-0.05, 0) is 6.92 Å². The van der Waals surface area contributed by atoms with Gasteiger partial charge in [-0.2, -0.15) is 0 Å². The Morgan fingerprint density at radius 2 is 1.31 bits per heavy atom. The van der Waals surface area contributed by atoms with E-state index in [0.717, 1.165) is 0 Å². The summed E-state index contributed by atoms with van der Waals surface area (Å²) in [6, 6.07) is 0. The van der Waals surface area contributed by atoms with E-state index < -0.39 is 78.9 Å². The van der Waals surface area contributed by atoms with Crippen LogP contribution in [0.15, 0.2) is 0 Å². The Morgan fingerprint density at radius 1 is 0.750 bits per heavy atom. The lowest BCUT2D eigenvalue weighted by Gasteiger charge is -2.47. The number of hydrogen-bond donors (Lipinski definition) is 3. The molecule has 2 aliphatic heterocycles. The molecule has 184 valence electrons. The molecule has 0 aromatic heterocycles. The van der Waals surface area contributed by atoms with Gasteiger partial charge in [0.05, 0.1) is 12.2 Å². The summed E-state index contributed by atoms with van der Waals surface area (Å²) in [5.41, 5.74) is 0. The zero-order valence-electron chi connectivity index (χ0n) is 18.7. The van der Waals surface area contributed by atoms with Crippen molar-refractivity contribution in [2.75, 3.05) is 13.2 Å². The van der Waals surface area contributed by atoms with E-state index in [4.69, 9.17) is 28.4 Å². The van der Waals surface area contributed by atoms with E-state index in [-0.39, 0.29) is 13.2 Å². The zero-order valence-corrected chi connectivity index (χ0v) is 18.7. The van der Waals surface area contributed by atoms with E-state index in [2.05, 4.69) is 0 Å². The third-order valence-corrected chi connectivity index (χ3v) is 5.42. The molecule has 0 saturated carbocycles. The molecule has 2 heterocycles. The number of carbonyl (C=O) groups excluding carboxylic acids is 3. The van der Waals surface area contributed by atoms with E-state index in [0.29, 0.717) is 0 Å². The first kappa shape index (κ1) is 26.4. The van der Waals surface area contributed by atoms with Crippen molar-refractivity contribution in [2.24, 2.45) is 5.92 Å². The Hall–Kier alpha value is -1.83. The summed E-state index contributed by atoms with van der Waals surface area (Å²) in [4.78, 5) is 33.9. The third-order valence-electron chi connectivity index (χ3n) is 5.42. The van der Waals surface area contributed by atoms with Crippen LogP contribution < -0.4 is 0 Å². The van der Waals surface area contributed by atoms with Crippen molar-refractivity contribution in [3.63, 3.8) is 0 Å². The Balaban J connectivity index is 2.22. The molecule has 0 radical (unpaired) electrons. The third kappa shape index (κ3) is 6.59. The van der Waals surface area contributed by atoms with Crippen molar-refractivity contribution in [1.29, 1.82) is 0 Å². The highest BCUT2D eigenvalue weighted by atomic mass is 16.7. The van der Waals surface area contributed by atoms with Crippen LogP contribution in [0, 0.1) is 5.92 Å². The maximum atomic E-state index is 11.5. The van der Waals surface area contributed by atoms with Crippen molar-refractivity contribution in [2.45, 2.75) is 89.7 Å². The van der Waals surface area contributed by atoms with Gasteiger partial charge in [0.15, 0.2) is 6.29 Å². The highest BCUT2D eigenvalue weighted by Gasteiger charge is 2.50. The smallest absolute Gasteiger partial charge is 0.303 e. The van der Waals surface area contributed by atoms with Gasteiger partial charge < -0.3 is 43.7 Å². The molecule has 0 aromatic rings. The van der Waals surface area contributed by atoms with Crippen LogP contribution in [0.4, 0.5) is 0 Å². The van der Waals surface area contributed by atoms with Crippen molar-refractivity contribution in [3.05, 3.63) is 0 Å². The summed E-state index contributed by atoms with van der Waals surface area (Å²) in [7, 11) is 0. The lowest BCUT2D eigenvalue weighted by molar-refractivity contribution is -0.336. The van der Waals surface area contributed by atoms with Crippen LogP contribution in [0.2, 0.25) is 0 Å². The number of aliphatic hydroxyl groups excluding tert-OH is 3. The molecule has 0 spiro atoms. The normalized spacial score (nSPS) is 39.8. The molecule has 0 aliphatic carbocycles. The summed E-state index contributed by atoms with van der Waals surface area (Å²) >= 11 is 0. The fourth-order valence-electron chi connectivity index (χ4n) is 3.84. The van der Waals surface area contributed by atoms with Gasteiger partial charge in [-0.1, -0.05) is 6.92 Å². The van der Waals surface area contributed by atoms with E-state index in [9.17, 15) is 29.7 Å². The molecule has 2 fully saturated rings. The van der Waals surface area contributed by atoms with E-state index in [1.807, 2.05) is 0 Å². The second kappa shape index (κ2) is 11.3. The standard InChI is InChI=1S/C20H32O12/c1-8-18(30-12(5)23)9(2)29-14(7-28-11(4)22)19(8)32-20-17(26)16(25)15(24)13(31-20)6-27-10(3)21/h8-9,13-20,24-26H,6-7H2,1-5H3/t8-,9?,13?,14?,15+,16+,17?,18?,19+,20+/m1/s1. The van der Waals surface area contributed by atoms with Gasteiger partial charge in [0.25, 0.3) is 0 Å². The second-order valence-electron chi connectivity index (χ2n) is 8.03. The van der Waals surface area contributed by atoms with Gasteiger partial charge >= 0.3 is 17.9 Å². The highest BCUT2D eigenvalue weighted by Crippen LogP contribution is 2.33. The molecule has 32 heavy (non-hydrogen) atoms. The minimum Gasteiger partial charge on any atom is -0.463 e. The molecule has 2 rings (SSSR count). The quantitative estimate of drug-likeness (QED) is 0.300. The molecule has 2 saturated heterocycles. The molecule has 0 aromatic carbocycles. The predicted molar refractivity (Wildman–Crippen MR) is 104 cm³/mol. The number of esters is 3. The van der Waals surface area contributed by atoms with Gasteiger partial charge in [-0.3, -0.25) is 14.4 Å². The number of ether oxygens (including phenoxy) is 6. The van der Waals surface area contributed by atoms with Crippen LogP contribution in [0.3, 0.4) is 0 Å². The minimum absolute atomic E-state index is 0.174. The van der Waals surface area contributed by atoms with Crippen molar-refractivity contribution in [3.8, 4) is 0 Å². The molecule has 12 nitrogen and oxygen atoms in total. The lowest BCUT2D eigenvalue weighted by atomic mass is 9.87. The lowest BCUT2D eigenvalue weighted by Crippen LogP contribution is -2.63. The number of aliphatic hydroxyl groups is 3. The topological polar surface area (TPSA) is 167 Å². The summed E-state index contributed by atoms with van der Waals surface area (Å²) in [5, 5.41) is 30.8. The SMILES string of the molecule is CC(=O)OCC1OC(C)C(OC(C)=O)[C@@H](C)[C@@H]1O[C@@H]1OC(COC(C)=O)[C@H](O)[C@H](O)C1O. The summed E-state index contributed by atoms with van der Waals surface area (Å²) in [5.74, 6) is -2.17. The predicted octanol–water partition coefficient (Wildman–Crippen LogP) is -1.34. The molecule has 3 N–H and O–H groups in total. The molecular weight excluding hydrogens is 432 g/mol. The molecule has 10 atom stereocenters. The average molecular weight is 464 g/mol. The molecule has 0 amide bonds. The van der Waals surface area contributed by atoms with Crippen LogP contribution in [0.5, 0.6) is 0 Å². The molecular formula is C20H32O12. The van der Waals surface area contributed by atoms with E-state index in [1.165, 1.54) is 20.8 Å². The second-order valence-corrected chi connectivity index (χ2v) is 8.03. The average Bonchev–Trinajstić information content (AvgIpc) is 2.70. The number of hydrogen-bond acceptors (Lipinski definition) is 12. The summed E-state index contributed by atoms with van der Waals surface area (Å²) in [6.07, 6.45) is -10.4. The molecule has 12 heteroatoms. The van der Waals surface area contributed by atoms with Crippen molar-refractivity contribution >= 4 is 17.9 Å². The van der Waals surface area contributed by atoms with Crippen molar-refractivity contribution in [1.82, 2.24) is 0 Å². The Kier molecular flexibility index (Phi) is 9.37. The van der Waals surface area contributed by atoms with Crippen LogP contribution in [-0.4, -0.2) is 102 Å². The Morgan fingerprint density at radius 3 is 1.84 bits per heavy atom. The maximum Gasteiger partial charge on any atom is 0.303 e. The van der Waals surface area contributed by atoms with E-state index >= 15 is 0 Å². The maximum absolute atomic E-state index is 11.5. The van der Waals surface area contributed by atoms with Crippen LogP contribution in [0.1, 0.15) is 34.6 Å². The van der Waals surface area contributed by atoms with Crippen LogP contribution in [-0.2, 0) is 42.8 Å². The van der Waals surface area contributed by atoms with Gasteiger partial charge in [-0.25, -0.2) is 0 Å². The van der Waals surface area contributed by atoms with Gasteiger partial charge in [-0.15, -0.1) is 0 Å². The summed E-state index contributed by atoms with van der Waals surface area (Å²) < 4.78 is 32.6. The first-order valence-electron chi connectivity index (χ1n) is 10.4. The summed E-state index contributed by atoms with van der Waals surface area (Å²) in [6.45, 7) is 6.54. The molecule has 0 bridgehead atoms. The van der Waals surface area contributed by atoms with Gasteiger partial charge in [0.1, 0.15) is 49.8 Å². The first-order valence-corrected chi connectivity index (χ1v) is 10.4.